The second kappa shape index (κ2) is 8.82. The van der Waals surface area contributed by atoms with Crippen LogP contribution in [0.1, 0.15) is 5.56 Å². The van der Waals surface area contributed by atoms with Crippen molar-refractivity contribution in [1.82, 2.24) is 9.97 Å². The van der Waals surface area contributed by atoms with Gasteiger partial charge in [0.05, 0.1) is 19.0 Å². The van der Waals surface area contributed by atoms with E-state index in [4.69, 9.17) is 22.1 Å². The quantitative estimate of drug-likeness (QED) is 0.478. The maximum Gasteiger partial charge on any atom is 0.229 e. The molecule has 1 aromatic heterocycles. The first kappa shape index (κ1) is 21.1. The van der Waals surface area contributed by atoms with Gasteiger partial charge in [-0.2, -0.15) is 4.98 Å². The number of nitrogens with one attached hydrogen (secondary N) is 2. The Balaban J connectivity index is 1.89. The Hall–Kier alpha value is -2.60. The van der Waals surface area contributed by atoms with Crippen LogP contribution in [-0.2, 0) is 11.1 Å². The highest BCUT2D eigenvalue weighted by Crippen LogP contribution is 2.38. The second-order valence-electron chi connectivity index (χ2n) is 6.74. The van der Waals surface area contributed by atoms with Gasteiger partial charge >= 0.3 is 0 Å². The van der Waals surface area contributed by atoms with Crippen molar-refractivity contribution in [3.05, 3.63) is 59.2 Å². The molecule has 0 radical (unpaired) electrons. The van der Waals surface area contributed by atoms with E-state index in [1.807, 2.05) is 24.3 Å². The lowest BCUT2D eigenvalue weighted by molar-refractivity contribution is 0.417. The van der Waals surface area contributed by atoms with Crippen LogP contribution in [0.25, 0.3) is 0 Å². The first-order chi connectivity index (χ1) is 13.8. The lowest BCUT2D eigenvalue weighted by atomic mass is 10.2. The van der Waals surface area contributed by atoms with Gasteiger partial charge in [0.15, 0.2) is 5.82 Å². The first-order valence-electron chi connectivity index (χ1n) is 8.90. The summed E-state index contributed by atoms with van der Waals surface area (Å²) in [6.45, 7) is 3.82. The smallest absolute Gasteiger partial charge is 0.229 e. The molecule has 4 N–H and O–H groups in total. The average molecular weight is 432 g/mol. The molecule has 3 rings (SSSR count). The van der Waals surface area contributed by atoms with Gasteiger partial charge in [0.1, 0.15) is 17.9 Å². The van der Waals surface area contributed by atoms with Crippen LogP contribution >= 0.6 is 18.7 Å². The van der Waals surface area contributed by atoms with E-state index in [-0.39, 0.29) is 0 Å². The van der Waals surface area contributed by atoms with Crippen LogP contribution in [-0.4, -0.2) is 30.4 Å². The molecule has 0 atom stereocenters. The van der Waals surface area contributed by atoms with Gasteiger partial charge in [0.25, 0.3) is 0 Å². The average Bonchev–Trinajstić information content (AvgIpc) is 2.70. The van der Waals surface area contributed by atoms with Gasteiger partial charge in [-0.15, -0.1) is 0 Å². The van der Waals surface area contributed by atoms with E-state index in [9.17, 15) is 4.57 Å². The highest BCUT2D eigenvalue weighted by atomic mass is 35.5. The SMILES string of the molecule is COc1cc(P(C)(C)=O)ccc1Nc1ncc(Cl)c(Nc2ccccc2CN)n1. The number of ether oxygens (including phenoxy) is 1. The topological polar surface area (TPSA) is 102 Å². The number of hydrogen-bond acceptors (Lipinski definition) is 7. The number of rotatable bonds is 7. The van der Waals surface area contributed by atoms with Crippen molar-refractivity contribution >= 4 is 47.2 Å². The van der Waals surface area contributed by atoms with Crippen molar-refractivity contribution in [3.8, 4) is 5.75 Å². The molecule has 152 valence electrons. The number of para-hydroxylation sites is 1. The van der Waals surface area contributed by atoms with Crippen molar-refractivity contribution in [1.29, 1.82) is 0 Å². The minimum Gasteiger partial charge on any atom is -0.495 e. The summed E-state index contributed by atoms with van der Waals surface area (Å²) < 4.78 is 17.8. The maximum absolute atomic E-state index is 12.3. The number of methoxy groups -OCH3 is 1. The van der Waals surface area contributed by atoms with E-state index in [0.29, 0.717) is 34.8 Å². The van der Waals surface area contributed by atoms with Crippen LogP contribution in [0.3, 0.4) is 0 Å². The lowest BCUT2D eigenvalue weighted by Gasteiger charge is -2.15. The monoisotopic (exact) mass is 431 g/mol. The second-order valence-corrected chi connectivity index (χ2v) is 10.4. The molecule has 7 nitrogen and oxygen atoms in total. The Labute approximate surface area is 175 Å². The van der Waals surface area contributed by atoms with Crippen molar-refractivity contribution in [2.24, 2.45) is 5.73 Å². The fraction of sp³-hybridized carbons (Fsp3) is 0.200. The minimum absolute atomic E-state index is 0.337. The molecule has 0 aliphatic heterocycles. The predicted octanol–water partition coefficient (Wildman–Crippen LogP) is 4.33. The van der Waals surface area contributed by atoms with Crippen LogP contribution in [0.15, 0.2) is 48.7 Å². The normalized spacial score (nSPS) is 11.2. The summed E-state index contributed by atoms with van der Waals surface area (Å²) >= 11 is 6.27. The zero-order valence-corrected chi connectivity index (χ0v) is 18.1. The fourth-order valence-electron chi connectivity index (χ4n) is 2.70. The van der Waals surface area contributed by atoms with E-state index >= 15 is 0 Å². The third-order valence-corrected chi connectivity index (χ3v) is 6.09. The molecule has 0 aliphatic rings. The molecule has 0 aliphatic carbocycles. The Bertz CT molecular complexity index is 1070. The van der Waals surface area contributed by atoms with Gasteiger partial charge in [-0.25, -0.2) is 4.98 Å². The summed E-state index contributed by atoms with van der Waals surface area (Å²) in [5.41, 5.74) is 8.22. The molecule has 9 heteroatoms. The molecule has 0 fully saturated rings. The zero-order valence-electron chi connectivity index (χ0n) is 16.4. The van der Waals surface area contributed by atoms with Crippen molar-refractivity contribution in [2.75, 3.05) is 31.1 Å². The standard InChI is InChI=1S/C20H23ClN5O2P/c1-28-18-10-14(29(2,3)27)8-9-17(18)25-20-23-12-15(21)19(26-20)24-16-7-5-4-6-13(16)11-22/h4-10,12H,11,22H2,1-3H3,(H2,23,24,25,26). The van der Waals surface area contributed by atoms with Gasteiger partial charge < -0.3 is 25.7 Å². The predicted molar refractivity (Wildman–Crippen MR) is 120 cm³/mol. The van der Waals surface area contributed by atoms with E-state index in [1.165, 1.54) is 6.20 Å². The number of aromatic nitrogens is 2. The highest BCUT2D eigenvalue weighted by Gasteiger charge is 2.15. The molecular formula is C20H23ClN5O2P. The van der Waals surface area contributed by atoms with Crippen LogP contribution < -0.4 is 26.4 Å². The van der Waals surface area contributed by atoms with E-state index in [1.54, 1.807) is 38.6 Å². The number of benzene rings is 2. The van der Waals surface area contributed by atoms with E-state index in [0.717, 1.165) is 16.6 Å². The Kier molecular flexibility index (Phi) is 6.42. The van der Waals surface area contributed by atoms with E-state index in [2.05, 4.69) is 20.6 Å². The largest absolute Gasteiger partial charge is 0.495 e. The summed E-state index contributed by atoms with van der Waals surface area (Å²) in [4.78, 5) is 8.70. The zero-order chi connectivity index (χ0) is 21.0. The molecule has 0 spiro atoms. The minimum atomic E-state index is -2.40. The van der Waals surface area contributed by atoms with Crippen molar-refractivity contribution < 1.29 is 9.30 Å². The van der Waals surface area contributed by atoms with Crippen molar-refractivity contribution in [2.45, 2.75) is 6.54 Å². The lowest BCUT2D eigenvalue weighted by Crippen LogP contribution is -2.07. The molecular weight excluding hydrogens is 409 g/mol. The number of nitrogens with two attached hydrogens (primary N) is 1. The van der Waals surface area contributed by atoms with Gasteiger partial charge in [-0.3, -0.25) is 0 Å². The van der Waals surface area contributed by atoms with Crippen LogP contribution in [0, 0.1) is 0 Å². The molecule has 0 saturated heterocycles. The molecule has 0 amide bonds. The van der Waals surface area contributed by atoms with Crippen LogP contribution in [0.2, 0.25) is 5.02 Å². The summed E-state index contributed by atoms with van der Waals surface area (Å²) in [5.74, 6) is 1.34. The van der Waals surface area contributed by atoms with Gasteiger partial charge in [-0.1, -0.05) is 29.8 Å². The van der Waals surface area contributed by atoms with Crippen LogP contribution in [0.5, 0.6) is 5.75 Å². The number of hydrogen-bond donors (Lipinski definition) is 3. The third kappa shape index (κ3) is 5.07. The number of anilines is 4. The molecule has 0 bridgehead atoms. The molecule has 1 heterocycles. The van der Waals surface area contributed by atoms with Crippen LogP contribution in [0.4, 0.5) is 23.1 Å². The van der Waals surface area contributed by atoms with E-state index < -0.39 is 7.14 Å². The summed E-state index contributed by atoms with van der Waals surface area (Å²) in [6.07, 6.45) is 1.51. The van der Waals surface area contributed by atoms with Gasteiger partial charge in [0.2, 0.25) is 5.95 Å². The maximum atomic E-state index is 12.3. The molecule has 3 aromatic rings. The summed E-state index contributed by atoms with van der Waals surface area (Å²) in [7, 11) is -0.843. The summed E-state index contributed by atoms with van der Waals surface area (Å²) in [6, 6.07) is 13.0. The summed E-state index contributed by atoms with van der Waals surface area (Å²) in [5, 5.41) is 7.44. The molecule has 2 aromatic carbocycles. The first-order valence-corrected chi connectivity index (χ1v) is 11.9. The molecule has 0 saturated carbocycles. The van der Waals surface area contributed by atoms with Crippen molar-refractivity contribution in [3.63, 3.8) is 0 Å². The number of nitrogens with zero attached hydrogens (tertiary/aromatic N) is 2. The Morgan fingerprint density at radius 3 is 2.59 bits per heavy atom. The fourth-order valence-corrected chi connectivity index (χ4v) is 3.70. The molecule has 29 heavy (non-hydrogen) atoms. The van der Waals surface area contributed by atoms with Gasteiger partial charge in [0, 0.05) is 17.5 Å². The Morgan fingerprint density at radius 2 is 1.90 bits per heavy atom. The third-order valence-electron chi connectivity index (χ3n) is 4.29. The Morgan fingerprint density at radius 1 is 1.14 bits per heavy atom. The number of halogens is 1. The highest BCUT2D eigenvalue weighted by molar-refractivity contribution is 7.70. The molecule has 0 unspecified atom stereocenters. The van der Waals surface area contributed by atoms with Gasteiger partial charge in [-0.05, 0) is 43.2 Å².